The molecular formula is C14H10F3N3S. The summed E-state index contributed by atoms with van der Waals surface area (Å²) in [6.07, 6.45) is -2.30. The molecule has 0 aliphatic heterocycles. The van der Waals surface area contributed by atoms with Crippen LogP contribution in [0.1, 0.15) is 35.6 Å². The highest BCUT2D eigenvalue weighted by atomic mass is 32.1. The number of halogens is 3. The Morgan fingerprint density at radius 1 is 1.33 bits per heavy atom. The second-order valence-corrected chi connectivity index (χ2v) is 5.70. The van der Waals surface area contributed by atoms with E-state index in [1.54, 1.807) is 6.07 Å². The van der Waals surface area contributed by atoms with E-state index in [0.29, 0.717) is 11.0 Å². The van der Waals surface area contributed by atoms with Crippen molar-refractivity contribution in [3.63, 3.8) is 0 Å². The molecule has 1 N–H and O–H groups in total. The highest BCUT2D eigenvalue weighted by Crippen LogP contribution is 2.41. The molecule has 1 fully saturated rings. The predicted octanol–water partition coefficient (Wildman–Crippen LogP) is 4.65. The van der Waals surface area contributed by atoms with Gasteiger partial charge in [-0.2, -0.15) is 18.4 Å². The van der Waals surface area contributed by atoms with Crippen LogP contribution in [0.3, 0.4) is 0 Å². The number of thiazole rings is 1. The van der Waals surface area contributed by atoms with E-state index in [4.69, 9.17) is 5.26 Å². The van der Waals surface area contributed by atoms with Gasteiger partial charge in [-0.25, -0.2) is 4.98 Å². The van der Waals surface area contributed by atoms with Gasteiger partial charge in [0.2, 0.25) is 0 Å². The Kier molecular flexibility index (Phi) is 3.33. The van der Waals surface area contributed by atoms with E-state index in [2.05, 4.69) is 10.3 Å². The van der Waals surface area contributed by atoms with Crippen LogP contribution in [0, 0.1) is 11.3 Å². The first-order chi connectivity index (χ1) is 9.97. The van der Waals surface area contributed by atoms with E-state index in [1.165, 1.54) is 23.5 Å². The summed E-state index contributed by atoms with van der Waals surface area (Å²) in [5, 5.41) is 14.1. The molecule has 7 heteroatoms. The molecule has 0 bridgehead atoms. The lowest BCUT2D eigenvalue weighted by Crippen LogP contribution is -2.08. The van der Waals surface area contributed by atoms with Crippen LogP contribution < -0.4 is 5.32 Å². The Morgan fingerprint density at radius 3 is 2.71 bits per heavy atom. The fourth-order valence-electron chi connectivity index (χ4n) is 1.99. The van der Waals surface area contributed by atoms with Crippen molar-refractivity contribution in [2.75, 3.05) is 5.32 Å². The lowest BCUT2D eigenvalue weighted by Gasteiger charge is -2.11. The molecule has 1 aliphatic carbocycles. The number of nitrogens with zero attached hydrogens (tertiary/aromatic N) is 2. The van der Waals surface area contributed by atoms with E-state index in [0.717, 1.165) is 24.6 Å². The van der Waals surface area contributed by atoms with Gasteiger partial charge in [0, 0.05) is 17.0 Å². The van der Waals surface area contributed by atoms with E-state index in [1.807, 2.05) is 5.38 Å². The third-order valence-corrected chi connectivity index (χ3v) is 3.99. The molecule has 21 heavy (non-hydrogen) atoms. The van der Waals surface area contributed by atoms with Crippen LogP contribution in [0.4, 0.5) is 24.0 Å². The molecule has 0 spiro atoms. The molecule has 1 saturated carbocycles. The van der Waals surface area contributed by atoms with Gasteiger partial charge >= 0.3 is 6.18 Å². The molecule has 3 rings (SSSR count). The molecule has 0 amide bonds. The minimum atomic E-state index is -4.55. The van der Waals surface area contributed by atoms with Gasteiger partial charge in [0.1, 0.15) is 0 Å². The summed E-state index contributed by atoms with van der Waals surface area (Å²) in [6, 6.07) is 5.12. The Bertz CT molecular complexity index is 711. The maximum Gasteiger partial charge on any atom is 0.417 e. The summed E-state index contributed by atoms with van der Waals surface area (Å²) in [6.45, 7) is 0. The van der Waals surface area contributed by atoms with Crippen molar-refractivity contribution in [1.82, 2.24) is 4.98 Å². The van der Waals surface area contributed by atoms with Gasteiger partial charge in [0.25, 0.3) is 0 Å². The van der Waals surface area contributed by atoms with Crippen LogP contribution in [-0.4, -0.2) is 4.98 Å². The number of aromatic nitrogens is 1. The van der Waals surface area contributed by atoms with Gasteiger partial charge in [-0.3, -0.25) is 0 Å². The zero-order chi connectivity index (χ0) is 15.0. The number of hydrogen-bond acceptors (Lipinski definition) is 4. The molecule has 0 atom stereocenters. The highest BCUT2D eigenvalue weighted by Gasteiger charge is 2.34. The van der Waals surface area contributed by atoms with Gasteiger partial charge < -0.3 is 5.32 Å². The Hall–Kier alpha value is -2.07. The van der Waals surface area contributed by atoms with Crippen molar-refractivity contribution >= 4 is 22.2 Å². The number of alkyl halides is 3. The summed E-state index contributed by atoms with van der Waals surface area (Å²) in [4.78, 5) is 4.36. The third kappa shape index (κ3) is 3.00. The highest BCUT2D eigenvalue weighted by molar-refractivity contribution is 7.13. The summed E-state index contributed by atoms with van der Waals surface area (Å²) < 4.78 is 38.6. The summed E-state index contributed by atoms with van der Waals surface area (Å²) in [5.74, 6) is 0.503. The maximum atomic E-state index is 12.9. The third-order valence-electron chi connectivity index (χ3n) is 3.21. The predicted molar refractivity (Wildman–Crippen MR) is 73.5 cm³/mol. The van der Waals surface area contributed by atoms with Gasteiger partial charge in [0.05, 0.1) is 22.9 Å². The lowest BCUT2D eigenvalue weighted by molar-refractivity contribution is -0.137. The normalized spacial score (nSPS) is 14.8. The Labute approximate surface area is 123 Å². The van der Waals surface area contributed by atoms with Crippen molar-refractivity contribution in [1.29, 1.82) is 5.26 Å². The van der Waals surface area contributed by atoms with E-state index < -0.39 is 11.7 Å². The monoisotopic (exact) mass is 309 g/mol. The molecule has 0 saturated heterocycles. The quantitative estimate of drug-likeness (QED) is 0.897. The minimum Gasteiger partial charge on any atom is -0.332 e. The van der Waals surface area contributed by atoms with Crippen molar-refractivity contribution in [2.24, 2.45) is 0 Å². The molecule has 2 aromatic rings. The number of benzene rings is 1. The summed E-state index contributed by atoms with van der Waals surface area (Å²) in [7, 11) is 0. The zero-order valence-corrected chi connectivity index (χ0v) is 11.6. The second-order valence-electron chi connectivity index (χ2n) is 4.85. The van der Waals surface area contributed by atoms with Gasteiger partial charge in [-0.15, -0.1) is 11.3 Å². The number of nitrogens with one attached hydrogen (secondary N) is 1. The summed E-state index contributed by atoms with van der Waals surface area (Å²) >= 11 is 1.37. The van der Waals surface area contributed by atoms with E-state index in [-0.39, 0.29) is 11.3 Å². The Balaban J connectivity index is 1.86. The molecule has 1 aromatic heterocycles. The number of hydrogen-bond donors (Lipinski definition) is 1. The van der Waals surface area contributed by atoms with E-state index in [9.17, 15) is 13.2 Å². The van der Waals surface area contributed by atoms with Crippen molar-refractivity contribution in [2.45, 2.75) is 24.9 Å². The van der Waals surface area contributed by atoms with Crippen molar-refractivity contribution < 1.29 is 13.2 Å². The fraction of sp³-hybridized carbons (Fsp3) is 0.286. The number of rotatable bonds is 3. The molecule has 1 heterocycles. The molecule has 1 aliphatic rings. The standard InChI is InChI=1S/C14H10F3N3S/c15-14(16,17)11-5-10(4-3-9(11)6-18)19-13-20-12(7-21-13)8-1-2-8/h3-5,7-8H,1-2H2,(H,19,20). The lowest BCUT2D eigenvalue weighted by atomic mass is 10.1. The van der Waals surface area contributed by atoms with Crippen molar-refractivity contribution in [3.05, 3.63) is 40.4 Å². The largest absolute Gasteiger partial charge is 0.417 e. The zero-order valence-electron chi connectivity index (χ0n) is 10.7. The van der Waals surface area contributed by atoms with Crippen LogP contribution in [-0.2, 0) is 6.18 Å². The fourth-order valence-corrected chi connectivity index (χ4v) is 2.80. The van der Waals surface area contributed by atoms with Crippen LogP contribution in [0.25, 0.3) is 0 Å². The molecule has 0 unspecified atom stereocenters. The first-order valence-corrected chi connectivity index (χ1v) is 7.19. The topological polar surface area (TPSA) is 48.7 Å². The van der Waals surface area contributed by atoms with Gasteiger partial charge in [0.15, 0.2) is 5.13 Å². The average Bonchev–Trinajstić information content (AvgIpc) is 3.19. The molecule has 3 nitrogen and oxygen atoms in total. The maximum absolute atomic E-state index is 12.9. The smallest absolute Gasteiger partial charge is 0.332 e. The average molecular weight is 309 g/mol. The van der Waals surface area contributed by atoms with E-state index >= 15 is 0 Å². The van der Waals surface area contributed by atoms with Crippen LogP contribution >= 0.6 is 11.3 Å². The second kappa shape index (κ2) is 5.04. The molecule has 0 radical (unpaired) electrons. The number of nitriles is 1. The molecule has 108 valence electrons. The van der Waals surface area contributed by atoms with Crippen LogP contribution in [0.2, 0.25) is 0 Å². The summed E-state index contributed by atoms with van der Waals surface area (Å²) in [5.41, 5.74) is -0.0509. The van der Waals surface area contributed by atoms with Crippen LogP contribution in [0.5, 0.6) is 0 Å². The van der Waals surface area contributed by atoms with Gasteiger partial charge in [-0.1, -0.05) is 0 Å². The SMILES string of the molecule is N#Cc1ccc(Nc2nc(C3CC3)cs2)cc1C(F)(F)F. The van der Waals surface area contributed by atoms with Gasteiger partial charge in [-0.05, 0) is 31.0 Å². The molecular weight excluding hydrogens is 299 g/mol. The Morgan fingerprint density at radius 2 is 2.10 bits per heavy atom. The first kappa shape index (κ1) is 13.9. The first-order valence-electron chi connectivity index (χ1n) is 6.31. The number of anilines is 2. The van der Waals surface area contributed by atoms with Crippen LogP contribution in [0.15, 0.2) is 23.6 Å². The minimum absolute atomic E-state index is 0.276. The van der Waals surface area contributed by atoms with Crippen molar-refractivity contribution in [3.8, 4) is 6.07 Å². The molecule has 1 aromatic carbocycles.